The number of aromatic amines is 1. The maximum atomic E-state index is 12.3. The fraction of sp³-hybridized carbons (Fsp3) is 0.400. The molecule has 0 fully saturated rings. The molecule has 13 nitrogen and oxygen atoms in total. The zero-order valence-corrected chi connectivity index (χ0v) is 16.9. The highest BCUT2D eigenvalue weighted by Crippen LogP contribution is 2.18. The smallest absolute Gasteiger partial charge is 0.341 e. The molecule has 0 spiro atoms. The van der Waals surface area contributed by atoms with E-state index in [1.165, 1.54) is 27.4 Å². The first-order valence-electron chi connectivity index (χ1n) is 8.15. The number of carbonyl (C=O) groups excluding carboxylic acids is 2. The molecular weight excluding hydrogens is 408 g/mol. The minimum absolute atomic E-state index is 0.00620. The lowest BCUT2D eigenvalue weighted by Gasteiger charge is -2.09. The quantitative estimate of drug-likeness (QED) is 0.493. The number of ether oxygens (including phenoxy) is 3. The van der Waals surface area contributed by atoms with Crippen LogP contribution in [0, 0.1) is 0 Å². The summed E-state index contributed by atoms with van der Waals surface area (Å²) in [5.41, 5.74) is 0.360. The molecule has 0 saturated heterocycles. The van der Waals surface area contributed by atoms with E-state index in [0.29, 0.717) is 12.1 Å². The Bertz CT molecular complexity index is 982. The van der Waals surface area contributed by atoms with Gasteiger partial charge in [-0.2, -0.15) is 15.1 Å². The Morgan fingerprint density at radius 1 is 1.14 bits per heavy atom. The highest BCUT2D eigenvalue weighted by atomic mass is 32.2. The van der Waals surface area contributed by atoms with Crippen molar-refractivity contribution in [3.8, 4) is 11.8 Å². The number of urea groups is 1. The van der Waals surface area contributed by atoms with Crippen molar-refractivity contribution in [2.24, 2.45) is 0 Å². The minimum Gasteiger partial charge on any atom is -0.481 e. The molecule has 0 saturated carbocycles. The Hall–Kier alpha value is -3.42. The van der Waals surface area contributed by atoms with E-state index in [0.717, 1.165) is 0 Å². The molecule has 0 aliphatic heterocycles. The second-order valence-electron chi connectivity index (χ2n) is 5.46. The number of amides is 2. The third-order valence-corrected chi connectivity index (χ3v) is 4.71. The summed E-state index contributed by atoms with van der Waals surface area (Å²) in [5.74, 6) is -1.48. The minimum atomic E-state index is -4.20. The van der Waals surface area contributed by atoms with Crippen molar-refractivity contribution in [1.29, 1.82) is 0 Å². The number of hydrogen-bond acceptors (Lipinski definition) is 10. The highest BCUT2D eigenvalue weighted by molar-refractivity contribution is 7.89. The summed E-state index contributed by atoms with van der Waals surface area (Å²) >= 11 is 0. The molecule has 0 bridgehead atoms. The first-order valence-corrected chi connectivity index (χ1v) is 9.81. The van der Waals surface area contributed by atoms with E-state index in [1.54, 1.807) is 11.6 Å². The predicted molar refractivity (Wildman–Crippen MR) is 99.2 cm³/mol. The topological polar surface area (TPSA) is 174 Å². The number of sulfonamides is 1. The molecule has 0 aliphatic rings. The van der Waals surface area contributed by atoms with Crippen LogP contribution >= 0.6 is 0 Å². The van der Waals surface area contributed by atoms with E-state index >= 15 is 0 Å². The summed E-state index contributed by atoms with van der Waals surface area (Å²) < 4.78 is 41.0. The number of aromatic nitrogens is 4. The van der Waals surface area contributed by atoms with Crippen molar-refractivity contribution in [2.45, 2.75) is 19.1 Å². The first-order chi connectivity index (χ1) is 13.7. The van der Waals surface area contributed by atoms with Crippen LogP contribution < -0.4 is 19.5 Å². The zero-order chi connectivity index (χ0) is 21.6. The average molecular weight is 428 g/mol. The van der Waals surface area contributed by atoms with E-state index in [-0.39, 0.29) is 29.0 Å². The molecule has 2 aromatic rings. The Labute approximate surface area is 166 Å². The van der Waals surface area contributed by atoms with Crippen molar-refractivity contribution in [3.63, 3.8) is 0 Å². The Morgan fingerprint density at radius 2 is 1.76 bits per heavy atom. The van der Waals surface area contributed by atoms with Gasteiger partial charge in [0.2, 0.25) is 27.7 Å². The summed E-state index contributed by atoms with van der Waals surface area (Å²) in [6.07, 6.45) is 0.379. The maximum Gasteiger partial charge on any atom is 0.341 e. The molecule has 29 heavy (non-hydrogen) atoms. The van der Waals surface area contributed by atoms with E-state index < -0.39 is 27.8 Å². The van der Waals surface area contributed by atoms with E-state index in [9.17, 15) is 18.0 Å². The lowest BCUT2D eigenvalue weighted by Crippen LogP contribution is -2.36. The summed E-state index contributed by atoms with van der Waals surface area (Å²) in [5, 5.41) is 8.57. The number of aryl methyl sites for hydroxylation is 1. The molecule has 3 N–H and O–H groups in total. The van der Waals surface area contributed by atoms with Crippen molar-refractivity contribution < 1.29 is 32.2 Å². The summed E-state index contributed by atoms with van der Waals surface area (Å²) in [6.45, 7) is 1.75. The molecule has 2 heterocycles. The fourth-order valence-corrected chi connectivity index (χ4v) is 3.28. The number of H-pyrrole nitrogens is 1. The van der Waals surface area contributed by atoms with Gasteiger partial charge >= 0.3 is 12.0 Å². The van der Waals surface area contributed by atoms with Crippen molar-refractivity contribution in [1.82, 2.24) is 24.9 Å². The predicted octanol–water partition coefficient (Wildman–Crippen LogP) is 0.217. The first kappa shape index (κ1) is 21.9. The molecular formula is C15H20N6O7S. The summed E-state index contributed by atoms with van der Waals surface area (Å²) in [6, 6.07) is 0.257. The van der Waals surface area contributed by atoms with Crippen molar-refractivity contribution >= 4 is 28.0 Å². The van der Waals surface area contributed by atoms with Gasteiger partial charge < -0.3 is 14.2 Å². The Balaban J connectivity index is 2.15. The van der Waals surface area contributed by atoms with Gasteiger partial charge in [0.25, 0.3) is 0 Å². The standard InChI is InChI=1S/C15H20N6O7S/c1-5-8-12(13(22)28-4)9(20-19-8)7-29(24,25)21-15(23)18-14-16-10(26-2)6-11(17-14)27-3/h6H,5,7H2,1-4H3,(H,19,20)(H2,16,17,18,21,23). The van der Waals surface area contributed by atoms with Gasteiger partial charge in [0.1, 0.15) is 11.3 Å². The molecule has 0 aliphatic carbocycles. The number of nitrogens with one attached hydrogen (secondary N) is 3. The third-order valence-electron chi connectivity index (χ3n) is 3.55. The van der Waals surface area contributed by atoms with Gasteiger partial charge in [-0.1, -0.05) is 6.92 Å². The number of methoxy groups -OCH3 is 3. The number of hydrogen-bond donors (Lipinski definition) is 3. The van der Waals surface area contributed by atoms with Crippen LogP contribution in [0.15, 0.2) is 6.07 Å². The van der Waals surface area contributed by atoms with Crippen LogP contribution in [0.5, 0.6) is 11.8 Å². The molecule has 0 radical (unpaired) electrons. The number of nitrogens with zero attached hydrogens (tertiary/aromatic N) is 3. The van der Waals surface area contributed by atoms with Gasteiger partial charge in [0, 0.05) is 0 Å². The highest BCUT2D eigenvalue weighted by Gasteiger charge is 2.25. The van der Waals surface area contributed by atoms with E-state index in [4.69, 9.17) is 9.47 Å². The number of anilines is 1. The summed E-state index contributed by atoms with van der Waals surface area (Å²) in [4.78, 5) is 31.7. The fourth-order valence-electron chi connectivity index (χ4n) is 2.29. The lowest BCUT2D eigenvalue weighted by molar-refractivity contribution is 0.0598. The molecule has 2 aromatic heterocycles. The van der Waals surface area contributed by atoms with E-state index in [1.807, 2.05) is 0 Å². The second-order valence-corrected chi connectivity index (χ2v) is 7.18. The van der Waals surface area contributed by atoms with Gasteiger partial charge in [-0.25, -0.2) is 22.7 Å². The van der Waals surface area contributed by atoms with Gasteiger partial charge in [-0.05, 0) is 6.42 Å². The average Bonchev–Trinajstić information content (AvgIpc) is 3.07. The SMILES string of the molecule is CCc1n[nH]c(CS(=O)(=O)NC(=O)Nc2nc(OC)cc(OC)n2)c1C(=O)OC. The van der Waals surface area contributed by atoms with Crippen LogP contribution in [0.1, 0.15) is 28.7 Å². The molecule has 14 heteroatoms. The van der Waals surface area contributed by atoms with Gasteiger partial charge in [-0.15, -0.1) is 0 Å². The molecule has 0 aromatic carbocycles. The zero-order valence-electron chi connectivity index (χ0n) is 16.1. The molecule has 2 amide bonds. The number of carbonyl (C=O) groups is 2. The Kier molecular flexibility index (Phi) is 6.93. The van der Waals surface area contributed by atoms with Gasteiger partial charge in [0.15, 0.2) is 0 Å². The largest absolute Gasteiger partial charge is 0.481 e. The van der Waals surface area contributed by atoms with E-state index in [2.05, 4.69) is 30.2 Å². The number of rotatable bonds is 8. The normalized spacial score (nSPS) is 10.9. The molecule has 0 atom stereocenters. The third kappa shape index (κ3) is 5.54. The summed E-state index contributed by atoms with van der Waals surface area (Å²) in [7, 11) is -0.334. The van der Waals surface area contributed by atoms with Gasteiger partial charge in [-0.3, -0.25) is 10.4 Å². The van der Waals surface area contributed by atoms with Gasteiger partial charge in [0.05, 0.1) is 38.8 Å². The lowest BCUT2D eigenvalue weighted by atomic mass is 10.1. The van der Waals surface area contributed by atoms with Crippen molar-refractivity contribution in [2.75, 3.05) is 26.6 Å². The molecule has 158 valence electrons. The maximum absolute atomic E-state index is 12.3. The monoisotopic (exact) mass is 428 g/mol. The Morgan fingerprint density at radius 3 is 2.28 bits per heavy atom. The van der Waals surface area contributed by atoms with Crippen LogP contribution in [0.2, 0.25) is 0 Å². The van der Waals surface area contributed by atoms with Crippen LogP contribution in [0.4, 0.5) is 10.7 Å². The molecule has 2 rings (SSSR count). The second kappa shape index (κ2) is 9.18. The number of esters is 1. The molecule has 0 unspecified atom stereocenters. The van der Waals surface area contributed by atoms with Crippen LogP contribution in [-0.2, 0) is 26.9 Å². The van der Waals surface area contributed by atoms with Crippen LogP contribution in [-0.4, -0.2) is 61.9 Å². The van der Waals surface area contributed by atoms with Crippen LogP contribution in [0.25, 0.3) is 0 Å². The van der Waals surface area contributed by atoms with Crippen molar-refractivity contribution in [3.05, 3.63) is 23.0 Å². The van der Waals surface area contributed by atoms with Crippen LogP contribution in [0.3, 0.4) is 0 Å².